The van der Waals surface area contributed by atoms with Gasteiger partial charge in [-0.3, -0.25) is 0 Å². The largest absolute Gasteiger partial charge is 0.473 e. The highest BCUT2D eigenvalue weighted by Crippen LogP contribution is 2.18. The Labute approximate surface area is 94.2 Å². The summed E-state index contributed by atoms with van der Waals surface area (Å²) < 4.78 is 4.35. The quantitative estimate of drug-likeness (QED) is 0.375. The molecular weight excluding hydrogens is 232 g/mol. The number of cyclic esters (lactones) is 2. The van der Waals surface area contributed by atoms with Crippen molar-refractivity contribution in [2.24, 2.45) is 0 Å². The molecule has 1 aliphatic heterocycles. The van der Waals surface area contributed by atoms with E-state index in [1.807, 2.05) is 0 Å². The number of carbonyl (C=O) groups excluding carboxylic acids is 2. The van der Waals surface area contributed by atoms with E-state index in [0.29, 0.717) is 11.1 Å². The molecule has 0 spiro atoms. The predicted octanol–water partition coefficient (Wildman–Crippen LogP) is 0.153. The van der Waals surface area contributed by atoms with E-state index in [4.69, 9.17) is 19.8 Å². The zero-order valence-electron chi connectivity index (χ0n) is 8.25. The summed E-state index contributed by atoms with van der Waals surface area (Å²) in [6, 6.07) is 6.53. The van der Waals surface area contributed by atoms with Gasteiger partial charge in [0.05, 0.1) is 11.1 Å². The Morgan fingerprint density at radius 3 is 1.53 bits per heavy atom. The van der Waals surface area contributed by atoms with E-state index in [1.165, 1.54) is 0 Å². The van der Waals surface area contributed by atoms with Crippen molar-refractivity contribution in [2.45, 2.75) is 0 Å². The second-order valence-corrected chi connectivity index (χ2v) is 2.83. The first-order valence-corrected chi connectivity index (χ1v) is 4.25. The maximum atomic E-state index is 10.8. The number of benzene rings is 1. The minimum atomic E-state index is -1.82. The van der Waals surface area contributed by atoms with Gasteiger partial charge < -0.3 is 14.9 Å². The van der Waals surface area contributed by atoms with Gasteiger partial charge in [0.1, 0.15) is 0 Å². The average Bonchev–Trinajstić information content (AvgIpc) is 2.56. The standard InChI is InChI=1S/C8H4O3.C2H2O4/c9-7-5-3-1-2-4-6(5)8(10)11-7;3-1(4)2(5)6/h1-4H;(H,3,4)(H,5,6). The Bertz CT molecular complexity index is 458. The molecule has 0 aromatic heterocycles. The summed E-state index contributed by atoms with van der Waals surface area (Å²) in [5.74, 6) is -4.75. The maximum absolute atomic E-state index is 10.8. The van der Waals surface area contributed by atoms with Crippen LogP contribution in [0.5, 0.6) is 0 Å². The predicted molar refractivity (Wildman–Crippen MR) is 51.5 cm³/mol. The van der Waals surface area contributed by atoms with Crippen LogP contribution < -0.4 is 0 Å². The van der Waals surface area contributed by atoms with Gasteiger partial charge in [-0.15, -0.1) is 0 Å². The van der Waals surface area contributed by atoms with Gasteiger partial charge >= 0.3 is 23.9 Å². The Kier molecular flexibility index (Phi) is 3.55. The van der Waals surface area contributed by atoms with Crippen molar-refractivity contribution in [2.75, 3.05) is 0 Å². The Hall–Kier alpha value is -2.70. The molecule has 1 aromatic rings. The number of fused-ring (bicyclic) bond motifs is 1. The summed E-state index contributed by atoms with van der Waals surface area (Å²) >= 11 is 0. The molecule has 2 N–H and O–H groups in total. The van der Waals surface area contributed by atoms with Crippen molar-refractivity contribution in [3.63, 3.8) is 0 Å². The topological polar surface area (TPSA) is 118 Å². The number of esters is 2. The van der Waals surface area contributed by atoms with Crippen LogP contribution in [0.4, 0.5) is 0 Å². The SMILES string of the molecule is O=C(O)C(=O)O.O=C1OC(=O)c2ccccc21. The fourth-order valence-corrected chi connectivity index (χ4v) is 1.03. The zero-order valence-corrected chi connectivity index (χ0v) is 8.25. The van der Waals surface area contributed by atoms with Gasteiger partial charge in [0, 0.05) is 0 Å². The summed E-state index contributed by atoms with van der Waals surface area (Å²) in [6.07, 6.45) is 0. The third-order valence-electron chi connectivity index (χ3n) is 1.74. The number of rotatable bonds is 0. The minimum Gasteiger partial charge on any atom is -0.473 e. The molecule has 0 aliphatic carbocycles. The molecule has 0 unspecified atom stereocenters. The molecule has 7 nitrogen and oxygen atoms in total. The molecule has 0 saturated carbocycles. The lowest BCUT2D eigenvalue weighted by molar-refractivity contribution is -0.159. The van der Waals surface area contributed by atoms with Crippen LogP contribution in [-0.4, -0.2) is 34.1 Å². The second-order valence-electron chi connectivity index (χ2n) is 2.83. The van der Waals surface area contributed by atoms with Crippen molar-refractivity contribution in [3.8, 4) is 0 Å². The highest BCUT2D eigenvalue weighted by Gasteiger charge is 2.28. The smallest absolute Gasteiger partial charge is 0.414 e. The van der Waals surface area contributed by atoms with Gasteiger partial charge in [0.15, 0.2) is 0 Å². The minimum absolute atomic E-state index is 0.359. The second kappa shape index (κ2) is 4.88. The number of ether oxygens (including phenoxy) is 1. The molecule has 0 bridgehead atoms. The molecule has 0 atom stereocenters. The fraction of sp³-hybridized carbons (Fsp3) is 0. The number of carboxylic acid groups (broad SMARTS) is 2. The highest BCUT2D eigenvalue weighted by molar-refractivity contribution is 6.27. The highest BCUT2D eigenvalue weighted by atomic mass is 16.6. The maximum Gasteiger partial charge on any atom is 0.414 e. The Balaban J connectivity index is 0.000000209. The van der Waals surface area contributed by atoms with Crippen molar-refractivity contribution >= 4 is 23.9 Å². The summed E-state index contributed by atoms with van der Waals surface area (Å²) in [7, 11) is 0. The third-order valence-corrected chi connectivity index (χ3v) is 1.74. The molecule has 7 heteroatoms. The molecule has 0 amide bonds. The molecule has 0 saturated heterocycles. The van der Waals surface area contributed by atoms with Crippen molar-refractivity contribution in [3.05, 3.63) is 35.4 Å². The van der Waals surface area contributed by atoms with Crippen LogP contribution in [-0.2, 0) is 14.3 Å². The van der Waals surface area contributed by atoms with Crippen LogP contribution in [0.15, 0.2) is 24.3 Å². The van der Waals surface area contributed by atoms with Crippen LogP contribution in [0.2, 0.25) is 0 Å². The van der Waals surface area contributed by atoms with Crippen LogP contribution >= 0.6 is 0 Å². The first kappa shape index (κ1) is 12.4. The molecule has 0 fully saturated rings. The fourth-order valence-electron chi connectivity index (χ4n) is 1.03. The van der Waals surface area contributed by atoms with E-state index < -0.39 is 23.9 Å². The molecule has 1 heterocycles. The lowest BCUT2D eigenvalue weighted by Gasteiger charge is -1.86. The van der Waals surface area contributed by atoms with E-state index in [2.05, 4.69) is 4.74 Å². The van der Waals surface area contributed by atoms with E-state index in [1.54, 1.807) is 24.3 Å². The molecule has 17 heavy (non-hydrogen) atoms. The van der Waals surface area contributed by atoms with E-state index in [0.717, 1.165) is 0 Å². The Morgan fingerprint density at radius 1 is 0.882 bits per heavy atom. The molecule has 1 aromatic carbocycles. The van der Waals surface area contributed by atoms with Crippen LogP contribution in [0.3, 0.4) is 0 Å². The summed E-state index contributed by atoms with van der Waals surface area (Å²) in [5.41, 5.74) is 0.718. The lowest BCUT2D eigenvalue weighted by atomic mass is 10.1. The molecule has 0 radical (unpaired) electrons. The van der Waals surface area contributed by atoms with Crippen LogP contribution in [0.1, 0.15) is 20.7 Å². The van der Waals surface area contributed by atoms with E-state index >= 15 is 0 Å². The lowest BCUT2D eigenvalue weighted by Crippen LogP contribution is -2.09. The van der Waals surface area contributed by atoms with Gasteiger partial charge in [-0.25, -0.2) is 19.2 Å². The van der Waals surface area contributed by atoms with Gasteiger partial charge in [0.25, 0.3) is 0 Å². The molecule has 1 aliphatic rings. The number of aliphatic carboxylic acids is 2. The van der Waals surface area contributed by atoms with Crippen molar-refractivity contribution in [1.82, 2.24) is 0 Å². The monoisotopic (exact) mass is 238 g/mol. The molecule has 2 rings (SSSR count). The van der Waals surface area contributed by atoms with Gasteiger partial charge in [-0.2, -0.15) is 0 Å². The number of hydrogen-bond donors (Lipinski definition) is 2. The zero-order chi connectivity index (χ0) is 13.0. The Morgan fingerprint density at radius 2 is 1.24 bits per heavy atom. The van der Waals surface area contributed by atoms with Crippen molar-refractivity contribution in [1.29, 1.82) is 0 Å². The van der Waals surface area contributed by atoms with E-state index in [9.17, 15) is 9.59 Å². The molecule has 88 valence electrons. The number of carbonyl (C=O) groups is 4. The number of carboxylic acids is 2. The molecular formula is C10H6O7. The summed E-state index contributed by atoms with van der Waals surface area (Å²) in [6.45, 7) is 0. The van der Waals surface area contributed by atoms with Gasteiger partial charge in [0.2, 0.25) is 0 Å². The van der Waals surface area contributed by atoms with E-state index in [-0.39, 0.29) is 0 Å². The first-order valence-electron chi connectivity index (χ1n) is 4.25. The van der Waals surface area contributed by atoms with Gasteiger partial charge in [-0.05, 0) is 12.1 Å². The van der Waals surface area contributed by atoms with Crippen molar-refractivity contribution < 1.29 is 34.1 Å². The van der Waals surface area contributed by atoms with Gasteiger partial charge in [-0.1, -0.05) is 12.1 Å². The van der Waals surface area contributed by atoms with Crippen LogP contribution in [0, 0.1) is 0 Å². The normalized spacial score (nSPS) is 12.0. The average molecular weight is 238 g/mol. The third kappa shape index (κ3) is 2.88. The number of hydrogen-bond acceptors (Lipinski definition) is 5. The first-order chi connectivity index (χ1) is 7.93. The summed E-state index contributed by atoms with van der Waals surface area (Å²) in [4.78, 5) is 39.9. The van der Waals surface area contributed by atoms with Crippen LogP contribution in [0.25, 0.3) is 0 Å². The summed E-state index contributed by atoms with van der Waals surface area (Å²) in [5, 5.41) is 14.8.